The average Bonchev–Trinajstić information content (AvgIpc) is 2.91. The number of fused-ring (bicyclic) bond motifs is 2. The molecule has 0 atom stereocenters. The highest BCUT2D eigenvalue weighted by Gasteiger charge is 2.21. The Labute approximate surface area is 129 Å². The van der Waals surface area contributed by atoms with Crippen LogP contribution in [0, 0.1) is 18.6 Å². The molecular formula is C16H12F2N4O. The van der Waals surface area contributed by atoms with Gasteiger partial charge in [0, 0.05) is 24.3 Å². The van der Waals surface area contributed by atoms with Crippen molar-refractivity contribution in [2.24, 2.45) is 0 Å². The Hall–Kier alpha value is -2.83. The van der Waals surface area contributed by atoms with Crippen LogP contribution in [0.15, 0.2) is 18.2 Å². The summed E-state index contributed by atoms with van der Waals surface area (Å²) in [5.41, 5.74) is 3.79. The van der Waals surface area contributed by atoms with Crippen LogP contribution in [0.5, 0.6) is 0 Å². The maximum Gasteiger partial charge on any atom is 0.224 e. The molecule has 23 heavy (non-hydrogen) atoms. The van der Waals surface area contributed by atoms with Crippen molar-refractivity contribution in [3.63, 3.8) is 0 Å². The molecule has 2 aromatic heterocycles. The number of nitrogens with one attached hydrogen (secondary N) is 2. The minimum atomic E-state index is -0.929. The van der Waals surface area contributed by atoms with Gasteiger partial charge in [-0.25, -0.2) is 13.8 Å². The summed E-state index contributed by atoms with van der Waals surface area (Å²) in [5.74, 6) is -1.88. The highest BCUT2D eigenvalue weighted by molar-refractivity contribution is 5.96. The van der Waals surface area contributed by atoms with Crippen LogP contribution < -0.4 is 5.32 Å². The van der Waals surface area contributed by atoms with Crippen molar-refractivity contribution < 1.29 is 13.6 Å². The Bertz CT molecular complexity index is 964. The van der Waals surface area contributed by atoms with E-state index < -0.39 is 11.6 Å². The van der Waals surface area contributed by atoms with E-state index in [1.165, 1.54) is 0 Å². The highest BCUT2D eigenvalue weighted by atomic mass is 19.2. The van der Waals surface area contributed by atoms with Gasteiger partial charge in [0.15, 0.2) is 11.6 Å². The number of aromatic amines is 1. The van der Waals surface area contributed by atoms with Gasteiger partial charge >= 0.3 is 0 Å². The first-order chi connectivity index (χ1) is 11.0. The maximum atomic E-state index is 13.5. The van der Waals surface area contributed by atoms with Crippen LogP contribution in [0.1, 0.15) is 17.7 Å². The van der Waals surface area contributed by atoms with Crippen molar-refractivity contribution in [3.05, 3.63) is 41.1 Å². The Morgan fingerprint density at radius 2 is 1.91 bits per heavy atom. The molecule has 0 unspecified atom stereocenters. The molecule has 5 nitrogen and oxygen atoms in total. The predicted molar refractivity (Wildman–Crippen MR) is 80.9 cm³/mol. The smallest absolute Gasteiger partial charge is 0.224 e. The molecule has 1 aliphatic rings. The lowest BCUT2D eigenvalue weighted by Gasteiger charge is -2.18. The lowest BCUT2D eigenvalue weighted by Crippen LogP contribution is -2.21. The summed E-state index contributed by atoms with van der Waals surface area (Å²) in [6, 6.07) is 3.97. The number of carbonyl (C=O) groups is 1. The molecule has 0 fully saturated rings. The molecular weight excluding hydrogens is 302 g/mol. The van der Waals surface area contributed by atoms with E-state index in [2.05, 4.69) is 20.5 Å². The number of halogens is 2. The van der Waals surface area contributed by atoms with Gasteiger partial charge in [0.2, 0.25) is 5.91 Å². The fourth-order valence-electron chi connectivity index (χ4n) is 2.85. The molecule has 2 N–H and O–H groups in total. The minimum Gasteiger partial charge on any atom is -0.324 e. The second-order valence-electron chi connectivity index (χ2n) is 5.58. The number of rotatable bonds is 1. The van der Waals surface area contributed by atoms with E-state index in [0.29, 0.717) is 35.1 Å². The second kappa shape index (κ2) is 4.84. The van der Waals surface area contributed by atoms with E-state index >= 15 is 0 Å². The van der Waals surface area contributed by atoms with E-state index in [1.807, 2.05) is 6.92 Å². The topological polar surface area (TPSA) is 70.7 Å². The Morgan fingerprint density at radius 1 is 1.13 bits per heavy atom. The first-order valence-electron chi connectivity index (χ1n) is 7.17. The van der Waals surface area contributed by atoms with Gasteiger partial charge in [-0.05, 0) is 24.6 Å². The third-order valence-corrected chi connectivity index (χ3v) is 3.99. The zero-order valence-corrected chi connectivity index (χ0v) is 12.2. The van der Waals surface area contributed by atoms with Crippen molar-refractivity contribution in [1.29, 1.82) is 0 Å². The number of anilines is 1. The standard InChI is InChI=1S/C16H12F2N4O/c1-7-4-13(19-11-2-3-14(23)20-15(7)11)16-8-5-9(17)10(18)6-12(8)21-22-16/h4-6H,2-3H2,1H3,(H,20,23)(H,21,22). The van der Waals surface area contributed by atoms with E-state index in [9.17, 15) is 13.6 Å². The fourth-order valence-corrected chi connectivity index (χ4v) is 2.85. The number of amides is 1. The van der Waals surface area contributed by atoms with Crippen molar-refractivity contribution >= 4 is 22.5 Å². The third kappa shape index (κ3) is 2.16. The fraction of sp³-hybridized carbons (Fsp3) is 0.188. The van der Waals surface area contributed by atoms with Gasteiger partial charge in [-0.3, -0.25) is 9.89 Å². The van der Waals surface area contributed by atoms with Gasteiger partial charge in [-0.1, -0.05) is 0 Å². The molecule has 0 aliphatic carbocycles. The van der Waals surface area contributed by atoms with Crippen LogP contribution in [-0.4, -0.2) is 21.1 Å². The SMILES string of the molecule is Cc1cc(-c2n[nH]c3cc(F)c(F)cc23)nc2c1NC(=O)CC2. The summed E-state index contributed by atoms with van der Waals surface area (Å²) in [7, 11) is 0. The normalized spacial score (nSPS) is 14.0. The number of nitrogens with zero attached hydrogens (tertiary/aromatic N) is 2. The van der Waals surface area contributed by atoms with Crippen LogP contribution in [0.4, 0.5) is 14.5 Å². The monoisotopic (exact) mass is 314 g/mol. The summed E-state index contributed by atoms with van der Waals surface area (Å²) in [6.07, 6.45) is 0.922. The molecule has 3 heterocycles. The zero-order valence-electron chi connectivity index (χ0n) is 12.2. The number of H-pyrrole nitrogens is 1. The van der Waals surface area contributed by atoms with E-state index in [0.717, 1.165) is 29.1 Å². The molecule has 0 bridgehead atoms. The second-order valence-corrected chi connectivity index (χ2v) is 5.58. The highest BCUT2D eigenvalue weighted by Crippen LogP contribution is 2.32. The molecule has 1 aliphatic heterocycles. The molecule has 116 valence electrons. The van der Waals surface area contributed by atoms with Crippen LogP contribution in [0.2, 0.25) is 0 Å². The van der Waals surface area contributed by atoms with Crippen molar-refractivity contribution in [3.8, 4) is 11.4 Å². The van der Waals surface area contributed by atoms with Crippen LogP contribution in [-0.2, 0) is 11.2 Å². The minimum absolute atomic E-state index is 0.0297. The van der Waals surface area contributed by atoms with Crippen molar-refractivity contribution in [2.45, 2.75) is 19.8 Å². The molecule has 3 aromatic rings. The third-order valence-electron chi connectivity index (χ3n) is 3.99. The number of hydrogen-bond donors (Lipinski definition) is 2. The average molecular weight is 314 g/mol. The van der Waals surface area contributed by atoms with Gasteiger partial charge in [0.25, 0.3) is 0 Å². The maximum absolute atomic E-state index is 13.5. The van der Waals surface area contributed by atoms with Gasteiger partial charge < -0.3 is 5.32 Å². The van der Waals surface area contributed by atoms with Crippen LogP contribution >= 0.6 is 0 Å². The Morgan fingerprint density at radius 3 is 2.74 bits per heavy atom. The number of aromatic nitrogens is 3. The molecule has 0 saturated carbocycles. The quantitative estimate of drug-likeness (QED) is 0.725. The summed E-state index contributed by atoms with van der Waals surface area (Å²) in [4.78, 5) is 16.0. The first-order valence-corrected chi connectivity index (χ1v) is 7.17. The number of benzene rings is 1. The van der Waals surface area contributed by atoms with Crippen molar-refractivity contribution in [1.82, 2.24) is 15.2 Å². The first kappa shape index (κ1) is 13.8. The van der Waals surface area contributed by atoms with Gasteiger partial charge in [-0.15, -0.1) is 0 Å². The number of hydrogen-bond acceptors (Lipinski definition) is 3. The molecule has 7 heteroatoms. The summed E-state index contributed by atoms with van der Waals surface area (Å²) in [5, 5.41) is 10.1. The van der Waals surface area contributed by atoms with E-state index in [1.54, 1.807) is 6.07 Å². The predicted octanol–water partition coefficient (Wildman–Crippen LogP) is 3.10. The molecule has 0 saturated heterocycles. The van der Waals surface area contributed by atoms with E-state index in [4.69, 9.17) is 0 Å². The largest absolute Gasteiger partial charge is 0.324 e. The van der Waals surface area contributed by atoms with Gasteiger partial charge in [-0.2, -0.15) is 5.10 Å². The summed E-state index contributed by atoms with van der Waals surface area (Å²) in [6.45, 7) is 1.87. The number of carbonyl (C=O) groups excluding carboxylic acids is 1. The molecule has 1 amide bonds. The molecule has 0 spiro atoms. The van der Waals surface area contributed by atoms with Crippen LogP contribution in [0.3, 0.4) is 0 Å². The van der Waals surface area contributed by atoms with Gasteiger partial charge in [0.05, 0.1) is 22.6 Å². The Balaban J connectivity index is 1.90. The molecule has 1 aromatic carbocycles. The van der Waals surface area contributed by atoms with Crippen LogP contribution in [0.25, 0.3) is 22.3 Å². The summed E-state index contributed by atoms with van der Waals surface area (Å²) >= 11 is 0. The Kier molecular flexibility index (Phi) is 2.90. The van der Waals surface area contributed by atoms with Gasteiger partial charge in [0.1, 0.15) is 5.69 Å². The molecule has 4 rings (SSSR count). The zero-order chi connectivity index (χ0) is 16.1. The number of aryl methyl sites for hydroxylation is 2. The summed E-state index contributed by atoms with van der Waals surface area (Å²) < 4.78 is 26.8. The lowest BCUT2D eigenvalue weighted by atomic mass is 10.0. The van der Waals surface area contributed by atoms with Crippen molar-refractivity contribution in [2.75, 3.05) is 5.32 Å². The molecule has 0 radical (unpaired) electrons. The number of pyridine rings is 1. The van der Waals surface area contributed by atoms with E-state index in [-0.39, 0.29) is 5.91 Å². The lowest BCUT2D eigenvalue weighted by molar-refractivity contribution is -0.116.